The maximum absolute atomic E-state index is 12.0. The number of carbonyl (C=O) groups is 3. The second-order valence-corrected chi connectivity index (χ2v) is 7.82. The summed E-state index contributed by atoms with van der Waals surface area (Å²) in [7, 11) is 1.89. The van der Waals surface area contributed by atoms with Crippen LogP contribution in [0.5, 0.6) is 0 Å². The van der Waals surface area contributed by atoms with Crippen LogP contribution in [0.2, 0.25) is 0 Å². The number of hydrogen-bond donors (Lipinski definition) is 4. The highest BCUT2D eigenvalue weighted by Gasteiger charge is 2.35. The third kappa shape index (κ3) is 6.50. The van der Waals surface area contributed by atoms with Gasteiger partial charge in [-0.2, -0.15) is 11.8 Å². The lowest BCUT2D eigenvalue weighted by molar-refractivity contribution is -0.123. The molecule has 0 spiro atoms. The van der Waals surface area contributed by atoms with Gasteiger partial charge in [0.2, 0.25) is 12.3 Å². The Bertz CT molecular complexity index is 673. The Kier molecular flexibility index (Phi) is 9.26. The molecule has 1 aromatic carbocycles. The van der Waals surface area contributed by atoms with Crippen LogP contribution in [0.15, 0.2) is 24.3 Å². The molecule has 0 saturated carbocycles. The Morgan fingerprint density at radius 3 is 2.75 bits per heavy atom. The summed E-state index contributed by atoms with van der Waals surface area (Å²) in [4.78, 5) is 34.7. The molecule has 3 amide bonds. The summed E-state index contributed by atoms with van der Waals surface area (Å²) in [6, 6.07) is 7.49. The molecular weight excluding hydrogens is 380 g/mol. The number of amides is 3. The van der Waals surface area contributed by atoms with Crippen LogP contribution in [0.25, 0.3) is 0 Å². The van der Waals surface area contributed by atoms with Gasteiger partial charge >= 0.3 is 0 Å². The van der Waals surface area contributed by atoms with Crippen molar-refractivity contribution >= 4 is 30.0 Å². The zero-order valence-electron chi connectivity index (χ0n) is 16.2. The first-order chi connectivity index (χ1) is 13.6. The van der Waals surface area contributed by atoms with Gasteiger partial charge in [-0.3, -0.25) is 25.2 Å². The van der Waals surface area contributed by atoms with Crippen LogP contribution < -0.4 is 21.5 Å². The molecule has 1 aliphatic rings. The second kappa shape index (κ2) is 11.7. The number of likely N-dealkylation sites (N-methyl/N-ethyl adjacent to an activating group) is 1. The molecule has 2 rings (SSSR count). The number of hydrogen-bond acceptors (Lipinski definition) is 6. The highest BCUT2D eigenvalue weighted by molar-refractivity contribution is 8.00. The molecule has 8 nitrogen and oxygen atoms in total. The zero-order valence-corrected chi connectivity index (χ0v) is 17.0. The maximum atomic E-state index is 12.0. The minimum Gasteiger partial charge on any atom is -0.381 e. The quantitative estimate of drug-likeness (QED) is 0.253. The van der Waals surface area contributed by atoms with Crippen LogP contribution >= 0.6 is 11.8 Å². The number of benzene rings is 1. The molecule has 1 aromatic rings. The van der Waals surface area contributed by atoms with E-state index in [2.05, 4.69) is 21.5 Å². The molecule has 9 heteroatoms. The molecule has 1 heterocycles. The SMILES string of the molecule is CNC1CSC(CCOCCC(=O)NNC(=O)c2ccccc2C)C1NC=O. The van der Waals surface area contributed by atoms with Gasteiger partial charge in [-0.15, -0.1) is 0 Å². The Labute approximate surface area is 169 Å². The molecule has 3 unspecified atom stereocenters. The number of ether oxygens (including phenoxy) is 1. The third-order valence-electron chi connectivity index (χ3n) is 4.68. The highest BCUT2D eigenvalue weighted by atomic mass is 32.2. The lowest BCUT2D eigenvalue weighted by Gasteiger charge is -2.22. The number of aryl methyl sites for hydroxylation is 1. The molecule has 0 radical (unpaired) electrons. The van der Waals surface area contributed by atoms with Gasteiger partial charge in [-0.25, -0.2) is 0 Å². The van der Waals surface area contributed by atoms with Crippen molar-refractivity contribution in [2.45, 2.75) is 37.1 Å². The number of hydrazine groups is 1. The van der Waals surface area contributed by atoms with E-state index in [4.69, 9.17) is 4.74 Å². The van der Waals surface area contributed by atoms with Gasteiger partial charge in [0.15, 0.2) is 0 Å². The van der Waals surface area contributed by atoms with Crippen LogP contribution in [0.3, 0.4) is 0 Å². The molecule has 28 heavy (non-hydrogen) atoms. The molecule has 0 bridgehead atoms. The molecule has 3 atom stereocenters. The Balaban J connectivity index is 1.60. The van der Waals surface area contributed by atoms with Gasteiger partial charge < -0.3 is 15.4 Å². The van der Waals surface area contributed by atoms with E-state index in [1.165, 1.54) is 0 Å². The first-order valence-electron chi connectivity index (χ1n) is 9.28. The first kappa shape index (κ1) is 22.2. The fourth-order valence-corrected chi connectivity index (χ4v) is 4.64. The smallest absolute Gasteiger partial charge is 0.269 e. The van der Waals surface area contributed by atoms with Gasteiger partial charge in [0, 0.05) is 29.2 Å². The van der Waals surface area contributed by atoms with E-state index >= 15 is 0 Å². The van der Waals surface area contributed by atoms with E-state index in [0.717, 1.165) is 24.1 Å². The van der Waals surface area contributed by atoms with E-state index in [1.807, 2.05) is 37.9 Å². The molecule has 1 saturated heterocycles. The number of nitrogens with one attached hydrogen (secondary N) is 4. The van der Waals surface area contributed by atoms with Crippen molar-refractivity contribution in [1.29, 1.82) is 0 Å². The van der Waals surface area contributed by atoms with Gasteiger partial charge in [0.25, 0.3) is 5.91 Å². The topological polar surface area (TPSA) is 109 Å². The number of carbonyl (C=O) groups excluding carboxylic acids is 3. The Morgan fingerprint density at radius 2 is 2.04 bits per heavy atom. The van der Waals surface area contributed by atoms with Crippen LogP contribution in [0.4, 0.5) is 0 Å². The van der Waals surface area contributed by atoms with Crippen LogP contribution in [-0.4, -0.2) is 61.6 Å². The molecule has 1 fully saturated rings. The van der Waals surface area contributed by atoms with E-state index in [-0.39, 0.29) is 42.2 Å². The monoisotopic (exact) mass is 408 g/mol. The average Bonchev–Trinajstić information content (AvgIpc) is 3.08. The lowest BCUT2D eigenvalue weighted by atomic mass is 10.1. The summed E-state index contributed by atoms with van der Waals surface area (Å²) in [6.45, 7) is 2.61. The normalized spacial score (nSPS) is 21.1. The minimum atomic E-state index is -0.349. The molecular formula is C19H28N4O4S. The predicted molar refractivity (Wildman–Crippen MR) is 109 cm³/mol. The van der Waals surface area contributed by atoms with Crippen molar-refractivity contribution in [2.24, 2.45) is 0 Å². The van der Waals surface area contributed by atoms with Crippen molar-refractivity contribution in [2.75, 3.05) is 26.0 Å². The standard InChI is InChI=1S/C19H28N4O4S/c1-13-5-3-4-6-14(13)19(26)23-22-17(25)8-10-27-9-7-16-18(21-12-24)15(20-2)11-28-16/h3-6,12,15-16,18,20H,7-11H2,1-2H3,(H,21,24)(H,22,25)(H,23,26). The number of rotatable bonds is 10. The van der Waals surface area contributed by atoms with E-state index < -0.39 is 0 Å². The van der Waals surface area contributed by atoms with E-state index in [1.54, 1.807) is 12.1 Å². The fourth-order valence-electron chi connectivity index (χ4n) is 3.07. The predicted octanol–water partition coefficient (Wildman–Crippen LogP) is 0.371. The summed E-state index contributed by atoms with van der Waals surface area (Å²) in [5.41, 5.74) is 6.17. The van der Waals surface area contributed by atoms with Crippen LogP contribution in [0, 0.1) is 6.92 Å². The van der Waals surface area contributed by atoms with Gasteiger partial charge in [0.05, 0.1) is 19.1 Å². The fraction of sp³-hybridized carbons (Fsp3) is 0.526. The zero-order chi connectivity index (χ0) is 20.4. The van der Waals surface area contributed by atoms with Gasteiger partial charge in [-0.05, 0) is 32.0 Å². The summed E-state index contributed by atoms with van der Waals surface area (Å²) in [6.07, 6.45) is 1.69. The van der Waals surface area contributed by atoms with Crippen molar-refractivity contribution in [1.82, 2.24) is 21.5 Å². The molecule has 154 valence electrons. The first-order valence-corrected chi connectivity index (χ1v) is 10.3. The summed E-state index contributed by atoms with van der Waals surface area (Å²) in [5.74, 6) is 0.279. The van der Waals surface area contributed by atoms with Crippen molar-refractivity contribution in [3.63, 3.8) is 0 Å². The summed E-state index contributed by atoms with van der Waals surface area (Å²) >= 11 is 1.81. The van der Waals surface area contributed by atoms with Crippen LogP contribution in [-0.2, 0) is 14.3 Å². The molecule has 0 aromatic heterocycles. The number of thioether (sulfide) groups is 1. The average molecular weight is 409 g/mol. The molecule has 4 N–H and O–H groups in total. The van der Waals surface area contributed by atoms with Crippen molar-refractivity contribution in [3.05, 3.63) is 35.4 Å². The van der Waals surface area contributed by atoms with E-state index in [0.29, 0.717) is 12.2 Å². The molecule has 0 aliphatic carbocycles. The lowest BCUT2D eigenvalue weighted by Crippen LogP contribution is -2.48. The minimum absolute atomic E-state index is 0.0797. The maximum Gasteiger partial charge on any atom is 0.269 e. The van der Waals surface area contributed by atoms with E-state index in [9.17, 15) is 14.4 Å². The molecule has 1 aliphatic heterocycles. The van der Waals surface area contributed by atoms with Gasteiger partial charge in [-0.1, -0.05) is 18.2 Å². The Hall–Kier alpha value is -2.10. The third-order valence-corrected chi connectivity index (χ3v) is 6.19. The highest BCUT2D eigenvalue weighted by Crippen LogP contribution is 2.29. The van der Waals surface area contributed by atoms with Crippen molar-refractivity contribution < 1.29 is 19.1 Å². The van der Waals surface area contributed by atoms with Crippen LogP contribution in [0.1, 0.15) is 28.8 Å². The second-order valence-electron chi connectivity index (χ2n) is 6.55. The van der Waals surface area contributed by atoms with Crippen molar-refractivity contribution in [3.8, 4) is 0 Å². The Morgan fingerprint density at radius 1 is 1.25 bits per heavy atom. The van der Waals surface area contributed by atoms with Gasteiger partial charge in [0.1, 0.15) is 0 Å². The summed E-state index contributed by atoms with van der Waals surface area (Å²) < 4.78 is 5.55. The summed E-state index contributed by atoms with van der Waals surface area (Å²) in [5, 5.41) is 6.37. The largest absolute Gasteiger partial charge is 0.381 e.